The van der Waals surface area contributed by atoms with Gasteiger partial charge in [0.05, 0.1) is 0 Å². The highest BCUT2D eigenvalue weighted by Gasteiger charge is 2.04. The van der Waals surface area contributed by atoms with Crippen molar-refractivity contribution < 1.29 is 15.3 Å². The van der Waals surface area contributed by atoms with Crippen molar-refractivity contribution in [2.75, 3.05) is 13.2 Å². The van der Waals surface area contributed by atoms with E-state index in [0.717, 1.165) is 19.4 Å². The van der Waals surface area contributed by atoms with Crippen molar-refractivity contribution in [2.24, 2.45) is 0 Å². The van der Waals surface area contributed by atoms with Crippen molar-refractivity contribution in [3.63, 3.8) is 0 Å². The molecule has 0 aromatic heterocycles. The molecule has 0 aliphatic rings. The Morgan fingerprint density at radius 1 is 1.13 bits per heavy atom. The molecule has 0 aliphatic heterocycles. The van der Waals surface area contributed by atoms with Crippen molar-refractivity contribution >= 4 is 0 Å². The SMILES string of the molecule is OCCCCNCc1cccc(O)c1O. The van der Waals surface area contributed by atoms with Crippen molar-refractivity contribution in [1.82, 2.24) is 5.32 Å². The summed E-state index contributed by atoms with van der Waals surface area (Å²) in [6.45, 7) is 1.51. The van der Waals surface area contributed by atoms with Gasteiger partial charge < -0.3 is 20.6 Å². The number of hydrogen-bond donors (Lipinski definition) is 4. The number of benzene rings is 1. The van der Waals surface area contributed by atoms with Crippen molar-refractivity contribution in [3.05, 3.63) is 23.8 Å². The zero-order chi connectivity index (χ0) is 11.1. The molecular weight excluding hydrogens is 194 g/mol. The van der Waals surface area contributed by atoms with Gasteiger partial charge >= 0.3 is 0 Å². The largest absolute Gasteiger partial charge is 0.504 e. The maximum Gasteiger partial charge on any atom is 0.161 e. The molecule has 4 N–H and O–H groups in total. The van der Waals surface area contributed by atoms with Crippen LogP contribution in [0, 0.1) is 0 Å². The Bertz CT molecular complexity index is 302. The van der Waals surface area contributed by atoms with Gasteiger partial charge in [-0.15, -0.1) is 0 Å². The smallest absolute Gasteiger partial charge is 0.161 e. The lowest BCUT2D eigenvalue weighted by Gasteiger charge is -2.07. The first kappa shape index (κ1) is 11.8. The summed E-state index contributed by atoms with van der Waals surface area (Å²) >= 11 is 0. The monoisotopic (exact) mass is 211 g/mol. The minimum Gasteiger partial charge on any atom is -0.504 e. The maximum atomic E-state index is 9.47. The molecular formula is C11H17NO3. The molecule has 0 heterocycles. The highest BCUT2D eigenvalue weighted by molar-refractivity contribution is 5.44. The molecule has 0 atom stereocenters. The van der Waals surface area contributed by atoms with Crippen LogP contribution in [0.1, 0.15) is 18.4 Å². The fourth-order valence-corrected chi connectivity index (χ4v) is 1.31. The number of aliphatic hydroxyl groups excluding tert-OH is 1. The number of phenolic OH excluding ortho intramolecular Hbond substituents is 2. The molecule has 0 amide bonds. The van der Waals surface area contributed by atoms with E-state index < -0.39 is 0 Å². The lowest BCUT2D eigenvalue weighted by atomic mass is 10.2. The summed E-state index contributed by atoms with van der Waals surface area (Å²) in [4.78, 5) is 0. The van der Waals surface area contributed by atoms with Crippen LogP contribution in [-0.2, 0) is 6.54 Å². The number of hydrogen-bond acceptors (Lipinski definition) is 4. The van der Waals surface area contributed by atoms with Crippen LogP contribution in [0.25, 0.3) is 0 Å². The van der Waals surface area contributed by atoms with Crippen molar-refractivity contribution in [2.45, 2.75) is 19.4 Å². The van der Waals surface area contributed by atoms with Crippen LogP contribution in [0.2, 0.25) is 0 Å². The van der Waals surface area contributed by atoms with Gasteiger partial charge in [0.15, 0.2) is 11.5 Å². The van der Waals surface area contributed by atoms with E-state index in [-0.39, 0.29) is 18.1 Å². The maximum absolute atomic E-state index is 9.47. The van der Waals surface area contributed by atoms with Gasteiger partial charge in [0.25, 0.3) is 0 Å². The molecule has 4 nitrogen and oxygen atoms in total. The zero-order valence-corrected chi connectivity index (χ0v) is 8.61. The Morgan fingerprint density at radius 2 is 1.93 bits per heavy atom. The molecule has 0 aliphatic carbocycles. The number of rotatable bonds is 6. The van der Waals surface area contributed by atoms with Crippen LogP contribution < -0.4 is 5.32 Å². The quantitative estimate of drug-likeness (QED) is 0.418. The number of para-hydroxylation sites is 1. The van der Waals surface area contributed by atoms with E-state index in [1.807, 2.05) is 0 Å². The predicted molar refractivity (Wildman–Crippen MR) is 57.8 cm³/mol. The van der Waals surface area contributed by atoms with Crippen molar-refractivity contribution in [3.8, 4) is 11.5 Å². The standard InChI is InChI=1S/C11H17NO3/c13-7-2-1-6-12-8-9-4-3-5-10(14)11(9)15/h3-5,12-15H,1-2,6-8H2. The molecule has 0 radical (unpaired) electrons. The first-order valence-corrected chi connectivity index (χ1v) is 5.07. The molecule has 0 saturated heterocycles. The average molecular weight is 211 g/mol. The van der Waals surface area contributed by atoms with Gasteiger partial charge in [0, 0.05) is 18.7 Å². The van der Waals surface area contributed by atoms with Gasteiger partial charge in [-0.3, -0.25) is 0 Å². The molecule has 1 rings (SSSR count). The lowest BCUT2D eigenvalue weighted by Crippen LogP contribution is -2.15. The van der Waals surface area contributed by atoms with Crippen LogP contribution in [0.3, 0.4) is 0 Å². The molecule has 15 heavy (non-hydrogen) atoms. The summed E-state index contributed by atoms with van der Waals surface area (Å²) in [5.74, 6) is -0.156. The Balaban J connectivity index is 2.34. The minimum atomic E-state index is -0.0929. The van der Waals surface area contributed by atoms with Gasteiger partial charge in [-0.05, 0) is 25.5 Å². The van der Waals surface area contributed by atoms with E-state index >= 15 is 0 Å². The summed E-state index contributed by atoms with van der Waals surface area (Å²) in [6, 6.07) is 4.90. The van der Waals surface area contributed by atoms with Crippen LogP contribution in [-0.4, -0.2) is 28.5 Å². The van der Waals surface area contributed by atoms with Crippen LogP contribution in [0.5, 0.6) is 11.5 Å². The number of aromatic hydroxyl groups is 2. The second-order valence-corrected chi connectivity index (χ2v) is 3.39. The van der Waals surface area contributed by atoms with Gasteiger partial charge in [-0.25, -0.2) is 0 Å². The molecule has 0 saturated carbocycles. The van der Waals surface area contributed by atoms with E-state index in [1.165, 1.54) is 6.07 Å². The van der Waals surface area contributed by atoms with E-state index in [0.29, 0.717) is 12.1 Å². The Hall–Kier alpha value is -1.26. The number of unbranched alkanes of at least 4 members (excludes halogenated alkanes) is 1. The molecule has 0 unspecified atom stereocenters. The zero-order valence-electron chi connectivity index (χ0n) is 8.61. The van der Waals surface area contributed by atoms with Gasteiger partial charge in [0.1, 0.15) is 0 Å². The fourth-order valence-electron chi connectivity index (χ4n) is 1.31. The number of nitrogens with one attached hydrogen (secondary N) is 1. The number of aliphatic hydroxyl groups is 1. The number of phenols is 2. The van der Waals surface area contributed by atoms with Crippen LogP contribution in [0.15, 0.2) is 18.2 Å². The van der Waals surface area contributed by atoms with Crippen LogP contribution >= 0.6 is 0 Å². The first-order chi connectivity index (χ1) is 7.25. The van der Waals surface area contributed by atoms with Gasteiger partial charge in [0.2, 0.25) is 0 Å². The van der Waals surface area contributed by atoms with Crippen LogP contribution in [0.4, 0.5) is 0 Å². The summed E-state index contributed by atoms with van der Waals surface area (Å²) in [7, 11) is 0. The summed E-state index contributed by atoms with van der Waals surface area (Å²) in [6.07, 6.45) is 1.68. The molecule has 0 spiro atoms. The topological polar surface area (TPSA) is 72.7 Å². The first-order valence-electron chi connectivity index (χ1n) is 5.07. The molecule has 4 heteroatoms. The Morgan fingerprint density at radius 3 is 2.67 bits per heavy atom. The van der Waals surface area contributed by atoms with Gasteiger partial charge in [-0.1, -0.05) is 12.1 Å². The molecule has 1 aromatic carbocycles. The second kappa shape index (κ2) is 6.27. The molecule has 84 valence electrons. The van der Waals surface area contributed by atoms with E-state index in [9.17, 15) is 10.2 Å². The molecule has 0 fully saturated rings. The Labute approximate surface area is 89.2 Å². The third-order valence-corrected chi connectivity index (χ3v) is 2.18. The average Bonchev–Trinajstić information content (AvgIpc) is 2.24. The van der Waals surface area contributed by atoms with Crippen molar-refractivity contribution in [1.29, 1.82) is 0 Å². The predicted octanol–water partition coefficient (Wildman–Crippen LogP) is 0.960. The minimum absolute atomic E-state index is 0.0628. The van der Waals surface area contributed by atoms with Gasteiger partial charge in [-0.2, -0.15) is 0 Å². The van der Waals surface area contributed by atoms with E-state index in [4.69, 9.17) is 5.11 Å². The Kier molecular flexibility index (Phi) is 4.93. The summed E-state index contributed by atoms with van der Waals surface area (Å²) in [5.41, 5.74) is 0.680. The third kappa shape index (κ3) is 3.77. The highest BCUT2D eigenvalue weighted by atomic mass is 16.3. The lowest BCUT2D eigenvalue weighted by molar-refractivity contribution is 0.283. The molecule has 0 bridgehead atoms. The highest BCUT2D eigenvalue weighted by Crippen LogP contribution is 2.27. The summed E-state index contributed by atoms with van der Waals surface area (Å²) < 4.78 is 0. The van der Waals surface area contributed by atoms with E-state index in [2.05, 4.69) is 5.32 Å². The second-order valence-electron chi connectivity index (χ2n) is 3.39. The summed E-state index contributed by atoms with van der Waals surface area (Å²) in [5, 5.41) is 30.4. The molecule has 1 aromatic rings. The van der Waals surface area contributed by atoms with E-state index in [1.54, 1.807) is 12.1 Å². The fraction of sp³-hybridized carbons (Fsp3) is 0.455. The third-order valence-electron chi connectivity index (χ3n) is 2.18. The normalized spacial score (nSPS) is 10.5.